The third kappa shape index (κ3) is 5.43. The van der Waals surface area contributed by atoms with Crippen LogP contribution in [0, 0.1) is 0 Å². The zero-order valence-corrected chi connectivity index (χ0v) is 17.0. The van der Waals surface area contributed by atoms with Crippen LogP contribution in [0.3, 0.4) is 0 Å². The molecule has 0 spiro atoms. The third-order valence-electron chi connectivity index (χ3n) is 3.68. The van der Waals surface area contributed by atoms with Gasteiger partial charge < -0.3 is 26.4 Å². The van der Waals surface area contributed by atoms with Crippen molar-refractivity contribution in [3.05, 3.63) is 0 Å². The van der Waals surface area contributed by atoms with Crippen LogP contribution in [0.2, 0.25) is 0 Å². The van der Waals surface area contributed by atoms with Crippen molar-refractivity contribution in [2.45, 2.75) is 45.8 Å². The van der Waals surface area contributed by atoms with Crippen LogP contribution in [0.4, 0.5) is 23.5 Å². The number of fused-ring (bicyclic) bond motifs is 1. The molecule has 0 fully saturated rings. The molecule has 0 aromatic carbocycles. The van der Waals surface area contributed by atoms with Crippen LogP contribution >= 0.6 is 12.4 Å². The highest BCUT2D eigenvalue weighted by atomic mass is 35.5. The Morgan fingerprint density at radius 2 is 1.46 bits per heavy atom. The summed E-state index contributed by atoms with van der Waals surface area (Å²) in [5, 5.41) is 22.3. The number of aliphatic hydroxyl groups is 1. The first-order valence-electron chi connectivity index (χ1n) is 8.45. The normalized spacial score (nSPS) is 12.3. The lowest BCUT2D eigenvalue weighted by atomic mass is 10.1. The molecular weight excluding hydrogens is 356 g/mol. The maximum absolute atomic E-state index is 9.88. The lowest BCUT2D eigenvalue weighted by Gasteiger charge is -2.19. The lowest BCUT2D eigenvalue weighted by Crippen LogP contribution is -2.30. The van der Waals surface area contributed by atoms with Crippen LogP contribution in [-0.2, 0) is 0 Å². The van der Waals surface area contributed by atoms with E-state index in [1.54, 1.807) is 27.9 Å². The summed E-state index contributed by atoms with van der Waals surface area (Å²) in [6, 6.07) is 0.258. The fourth-order valence-corrected chi connectivity index (χ4v) is 2.13. The highest BCUT2D eigenvalue weighted by Gasteiger charge is 2.17. The van der Waals surface area contributed by atoms with E-state index in [0.29, 0.717) is 41.1 Å². The van der Waals surface area contributed by atoms with Gasteiger partial charge in [0, 0.05) is 26.7 Å². The van der Waals surface area contributed by atoms with E-state index in [1.165, 1.54) is 0 Å². The predicted octanol–water partition coefficient (Wildman–Crippen LogP) is 2.32. The Bertz CT molecular complexity index is 734. The minimum atomic E-state index is -0.871. The van der Waals surface area contributed by atoms with E-state index >= 15 is 0 Å². The fourth-order valence-electron chi connectivity index (χ4n) is 2.13. The van der Waals surface area contributed by atoms with Crippen molar-refractivity contribution in [2.75, 3.05) is 41.9 Å². The Hall–Kier alpha value is -2.13. The van der Waals surface area contributed by atoms with E-state index < -0.39 is 5.60 Å². The van der Waals surface area contributed by atoms with Gasteiger partial charge in [0.2, 0.25) is 11.9 Å². The van der Waals surface area contributed by atoms with Crippen molar-refractivity contribution in [2.24, 2.45) is 0 Å². The zero-order chi connectivity index (χ0) is 18.6. The molecule has 1 unspecified atom stereocenters. The number of halogens is 1. The van der Waals surface area contributed by atoms with Crippen molar-refractivity contribution in [3.63, 3.8) is 0 Å². The molecule has 26 heavy (non-hydrogen) atoms. The molecule has 0 amide bonds. The minimum Gasteiger partial charge on any atom is -0.389 e. The molecule has 1 atom stereocenters. The van der Waals surface area contributed by atoms with Crippen molar-refractivity contribution < 1.29 is 5.11 Å². The van der Waals surface area contributed by atoms with Crippen LogP contribution in [0.1, 0.15) is 34.1 Å². The van der Waals surface area contributed by atoms with Gasteiger partial charge >= 0.3 is 0 Å². The Balaban J connectivity index is 0.00000338. The number of anilines is 4. The van der Waals surface area contributed by atoms with Crippen molar-refractivity contribution in [1.82, 2.24) is 19.9 Å². The molecule has 0 bridgehead atoms. The van der Waals surface area contributed by atoms with Gasteiger partial charge in [-0.1, -0.05) is 6.92 Å². The predicted molar refractivity (Wildman–Crippen MR) is 110 cm³/mol. The summed E-state index contributed by atoms with van der Waals surface area (Å²) in [5.41, 5.74) is 0.362. The second-order valence-electron chi connectivity index (χ2n) is 6.61. The maximum Gasteiger partial charge on any atom is 0.225 e. The van der Waals surface area contributed by atoms with Gasteiger partial charge in [0.25, 0.3) is 0 Å². The summed E-state index contributed by atoms with van der Waals surface area (Å²) in [5.74, 6) is 2.14. The molecule has 0 aliphatic heterocycles. The third-order valence-corrected chi connectivity index (χ3v) is 3.68. The van der Waals surface area contributed by atoms with Crippen molar-refractivity contribution in [1.29, 1.82) is 0 Å². The molecule has 0 saturated heterocycles. The van der Waals surface area contributed by atoms with Gasteiger partial charge in [0.05, 0.1) is 5.60 Å². The number of aromatic nitrogens is 4. The minimum absolute atomic E-state index is 0. The van der Waals surface area contributed by atoms with Crippen LogP contribution in [-0.4, -0.2) is 57.3 Å². The van der Waals surface area contributed by atoms with Crippen molar-refractivity contribution >= 4 is 47.0 Å². The van der Waals surface area contributed by atoms with Crippen LogP contribution < -0.4 is 21.3 Å². The van der Waals surface area contributed by atoms with Crippen LogP contribution in [0.5, 0.6) is 0 Å². The summed E-state index contributed by atoms with van der Waals surface area (Å²) >= 11 is 0. The molecule has 10 heteroatoms. The summed E-state index contributed by atoms with van der Waals surface area (Å²) in [6.07, 6.45) is 0.964. The summed E-state index contributed by atoms with van der Waals surface area (Å²) < 4.78 is 0. The fraction of sp³-hybridized carbons (Fsp3) is 0.625. The topological polar surface area (TPSA) is 120 Å². The Kier molecular flexibility index (Phi) is 7.58. The molecule has 5 N–H and O–H groups in total. The Labute approximate surface area is 160 Å². The second kappa shape index (κ2) is 9.00. The Morgan fingerprint density at radius 1 is 0.962 bits per heavy atom. The largest absolute Gasteiger partial charge is 0.389 e. The molecule has 146 valence electrons. The molecule has 2 aromatic heterocycles. The van der Waals surface area contributed by atoms with E-state index in [0.717, 1.165) is 6.42 Å². The van der Waals surface area contributed by atoms with E-state index in [-0.39, 0.29) is 18.4 Å². The molecule has 9 nitrogen and oxygen atoms in total. The molecule has 2 rings (SSSR count). The summed E-state index contributed by atoms with van der Waals surface area (Å²) in [7, 11) is 3.57. The quantitative estimate of drug-likeness (QED) is 0.466. The number of hydrogen-bond acceptors (Lipinski definition) is 9. The molecule has 2 aromatic rings. The van der Waals surface area contributed by atoms with Gasteiger partial charge in [0.15, 0.2) is 11.6 Å². The van der Waals surface area contributed by atoms with Crippen molar-refractivity contribution in [3.8, 4) is 0 Å². The maximum atomic E-state index is 9.88. The molecule has 0 aliphatic carbocycles. The van der Waals surface area contributed by atoms with Gasteiger partial charge in [-0.25, -0.2) is 9.97 Å². The lowest BCUT2D eigenvalue weighted by molar-refractivity contribution is 0.0943. The highest BCUT2D eigenvalue weighted by Crippen LogP contribution is 2.26. The van der Waals surface area contributed by atoms with E-state index in [1.807, 2.05) is 0 Å². The average molecular weight is 385 g/mol. The number of nitrogens with zero attached hydrogens (tertiary/aromatic N) is 4. The first-order chi connectivity index (χ1) is 11.8. The van der Waals surface area contributed by atoms with Gasteiger partial charge in [-0.3, -0.25) is 0 Å². The second-order valence-corrected chi connectivity index (χ2v) is 6.61. The van der Waals surface area contributed by atoms with Crippen LogP contribution in [0.15, 0.2) is 0 Å². The molecular formula is C16H29ClN8O. The molecule has 0 radical (unpaired) electrons. The molecule has 2 heterocycles. The van der Waals surface area contributed by atoms with E-state index in [2.05, 4.69) is 55.1 Å². The molecule has 0 saturated carbocycles. The van der Waals surface area contributed by atoms with Gasteiger partial charge in [-0.15, -0.1) is 12.4 Å². The van der Waals surface area contributed by atoms with E-state index in [9.17, 15) is 5.11 Å². The van der Waals surface area contributed by atoms with Crippen LogP contribution in [0.25, 0.3) is 11.0 Å². The summed E-state index contributed by atoms with van der Waals surface area (Å²) in [6.45, 7) is 7.93. The van der Waals surface area contributed by atoms with E-state index in [4.69, 9.17) is 0 Å². The first kappa shape index (κ1) is 21.9. The number of nitrogens with one attached hydrogen (secondary N) is 4. The smallest absolute Gasteiger partial charge is 0.225 e. The first-order valence-corrected chi connectivity index (χ1v) is 8.45. The van der Waals surface area contributed by atoms with Gasteiger partial charge in [-0.05, 0) is 27.2 Å². The average Bonchev–Trinajstić information content (AvgIpc) is 2.57. The highest BCUT2D eigenvalue weighted by molar-refractivity contribution is 5.94. The number of rotatable bonds is 8. The Morgan fingerprint density at radius 3 is 1.92 bits per heavy atom. The standard InChI is InChI=1S/C16H28N8O.ClH/c1-7-9(2)20-15-22-11-10(13(18-6)24-15)21-14(23-12(11)17-5)19-8-16(3,4)25;/h9,25H,7-8H2,1-6H3,(H2,17,19,21,23)(H2,18,20,22,24);1H. The number of hydrogen-bond donors (Lipinski definition) is 5. The van der Waals surface area contributed by atoms with Gasteiger partial charge in [-0.2, -0.15) is 9.97 Å². The zero-order valence-electron chi connectivity index (χ0n) is 16.1. The van der Waals surface area contributed by atoms with Gasteiger partial charge in [0.1, 0.15) is 11.0 Å². The summed E-state index contributed by atoms with van der Waals surface area (Å²) in [4.78, 5) is 18.0. The molecule has 0 aliphatic rings. The monoisotopic (exact) mass is 384 g/mol. The SMILES string of the molecule is CCC(C)Nc1nc(NC)c2nc(NCC(C)(C)O)nc(NC)c2n1.Cl.